The van der Waals surface area contributed by atoms with Crippen molar-refractivity contribution in [1.82, 2.24) is 0 Å². The van der Waals surface area contributed by atoms with E-state index in [1.807, 2.05) is 38.1 Å². The predicted octanol–water partition coefficient (Wildman–Crippen LogP) is 2.75. The van der Waals surface area contributed by atoms with Crippen LogP contribution in [0.1, 0.15) is 30.9 Å². The highest BCUT2D eigenvalue weighted by Crippen LogP contribution is 2.47. The summed E-state index contributed by atoms with van der Waals surface area (Å²) in [5, 5.41) is 9.39. The lowest BCUT2D eigenvalue weighted by Gasteiger charge is -2.25. The molecule has 15 heavy (non-hydrogen) atoms. The fourth-order valence-corrected chi connectivity index (χ4v) is 2.16. The lowest BCUT2D eigenvalue weighted by molar-refractivity contribution is -0.144. The largest absolute Gasteiger partial charge is 0.481 e. The van der Waals surface area contributed by atoms with Gasteiger partial charge in [-0.2, -0.15) is 0 Å². The molecular formula is C13H16O2. The van der Waals surface area contributed by atoms with Crippen molar-refractivity contribution in [3.05, 3.63) is 35.4 Å². The second-order valence-electron chi connectivity index (χ2n) is 4.65. The van der Waals surface area contributed by atoms with Crippen LogP contribution in [0.5, 0.6) is 0 Å². The Morgan fingerprint density at radius 1 is 1.47 bits per heavy atom. The van der Waals surface area contributed by atoms with E-state index in [-0.39, 0.29) is 0 Å². The molecule has 1 unspecified atom stereocenters. The van der Waals surface area contributed by atoms with E-state index in [2.05, 4.69) is 0 Å². The van der Waals surface area contributed by atoms with E-state index >= 15 is 0 Å². The maximum atomic E-state index is 11.4. The van der Waals surface area contributed by atoms with Crippen molar-refractivity contribution >= 4 is 5.97 Å². The maximum absolute atomic E-state index is 11.4. The number of benzene rings is 1. The molecule has 0 bridgehead atoms. The molecular weight excluding hydrogens is 188 g/mol. The molecule has 2 nitrogen and oxygen atoms in total. The number of rotatable bonds is 3. The Bertz CT molecular complexity index is 393. The second-order valence-corrected chi connectivity index (χ2v) is 4.65. The smallest absolute Gasteiger partial charge is 0.314 e. The first-order chi connectivity index (χ1) is 7.05. The van der Waals surface area contributed by atoms with E-state index in [4.69, 9.17) is 0 Å². The van der Waals surface area contributed by atoms with Crippen LogP contribution in [0.2, 0.25) is 0 Å². The summed E-state index contributed by atoms with van der Waals surface area (Å²) in [6, 6.07) is 7.86. The molecule has 0 aromatic heterocycles. The molecule has 1 aromatic rings. The van der Waals surface area contributed by atoms with Crippen molar-refractivity contribution in [3.63, 3.8) is 0 Å². The fourth-order valence-electron chi connectivity index (χ4n) is 2.16. The molecule has 1 fully saturated rings. The van der Waals surface area contributed by atoms with Crippen molar-refractivity contribution < 1.29 is 9.90 Å². The first kappa shape index (κ1) is 10.2. The second kappa shape index (κ2) is 3.37. The molecule has 1 aromatic carbocycles. The number of carboxylic acid groups (broad SMARTS) is 1. The summed E-state index contributed by atoms with van der Waals surface area (Å²) < 4.78 is 0. The summed E-state index contributed by atoms with van der Waals surface area (Å²) in [7, 11) is 0. The third-order valence-electron chi connectivity index (χ3n) is 3.46. The summed E-state index contributed by atoms with van der Waals surface area (Å²) in [6.07, 6.45) is 2.08. The van der Waals surface area contributed by atoms with Gasteiger partial charge in [0.15, 0.2) is 0 Å². The van der Waals surface area contributed by atoms with Gasteiger partial charge in [-0.25, -0.2) is 0 Å². The van der Waals surface area contributed by atoms with E-state index in [0.29, 0.717) is 5.92 Å². The van der Waals surface area contributed by atoms with Crippen LogP contribution in [0, 0.1) is 12.8 Å². The normalized spacial score (nSPS) is 19.6. The van der Waals surface area contributed by atoms with Crippen LogP contribution in [-0.4, -0.2) is 11.1 Å². The molecule has 1 aliphatic rings. The first-order valence-corrected chi connectivity index (χ1v) is 5.35. The third kappa shape index (κ3) is 1.65. The highest BCUT2D eigenvalue weighted by Gasteiger charge is 2.48. The Morgan fingerprint density at radius 3 is 2.60 bits per heavy atom. The van der Waals surface area contributed by atoms with E-state index in [1.54, 1.807) is 0 Å². The monoisotopic (exact) mass is 204 g/mol. The molecule has 0 heterocycles. The average molecular weight is 204 g/mol. The molecule has 1 saturated carbocycles. The molecule has 2 heteroatoms. The lowest BCUT2D eigenvalue weighted by Crippen LogP contribution is -2.34. The topological polar surface area (TPSA) is 37.3 Å². The predicted molar refractivity (Wildman–Crippen MR) is 58.9 cm³/mol. The Balaban J connectivity index is 2.45. The lowest BCUT2D eigenvalue weighted by atomic mass is 9.77. The van der Waals surface area contributed by atoms with Crippen molar-refractivity contribution in [3.8, 4) is 0 Å². The zero-order valence-electron chi connectivity index (χ0n) is 9.16. The quantitative estimate of drug-likeness (QED) is 0.822. The van der Waals surface area contributed by atoms with Crippen molar-refractivity contribution in [2.24, 2.45) is 5.92 Å². The van der Waals surface area contributed by atoms with Crippen LogP contribution in [0.3, 0.4) is 0 Å². The van der Waals surface area contributed by atoms with Crippen molar-refractivity contribution in [2.45, 2.75) is 32.1 Å². The molecule has 80 valence electrons. The summed E-state index contributed by atoms with van der Waals surface area (Å²) in [5.74, 6) is -0.382. The van der Waals surface area contributed by atoms with Crippen LogP contribution in [-0.2, 0) is 10.2 Å². The number of aliphatic carboxylic acids is 1. The number of hydrogen-bond acceptors (Lipinski definition) is 1. The Hall–Kier alpha value is -1.31. The van der Waals surface area contributed by atoms with Crippen LogP contribution >= 0.6 is 0 Å². The Morgan fingerprint density at radius 2 is 2.13 bits per heavy atom. The zero-order chi connectivity index (χ0) is 11.1. The van der Waals surface area contributed by atoms with Gasteiger partial charge in [-0.1, -0.05) is 29.8 Å². The number of hydrogen-bond donors (Lipinski definition) is 1. The summed E-state index contributed by atoms with van der Waals surface area (Å²) >= 11 is 0. The molecule has 0 saturated heterocycles. The van der Waals surface area contributed by atoms with Gasteiger partial charge in [-0.3, -0.25) is 4.79 Å². The van der Waals surface area contributed by atoms with Gasteiger partial charge in [0.25, 0.3) is 0 Å². The number of aryl methyl sites for hydroxylation is 1. The highest BCUT2D eigenvalue weighted by atomic mass is 16.4. The first-order valence-electron chi connectivity index (χ1n) is 5.35. The van der Waals surface area contributed by atoms with Gasteiger partial charge in [0.2, 0.25) is 0 Å². The van der Waals surface area contributed by atoms with E-state index in [0.717, 1.165) is 24.0 Å². The minimum atomic E-state index is -0.699. The average Bonchev–Trinajstić information content (AvgIpc) is 2.99. The van der Waals surface area contributed by atoms with Gasteiger partial charge < -0.3 is 5.11 Å². The van der Waals surface area contributed by atoms with Crippen LogP contribution in [0.4, 0.5) is 0 Å². The van der Waals surface area contributed by atoms with Gasteiger partial charge in [0.1, 0.15) is 0 Å². The number of carboxylic acids is 1. The molecule has 1 N–H and O–H groups in total. The SMILES string of the molecule is Cc1cccc(C(C)(C(=O)O)C2CC2)c1. The number of carbonyl (C=O) groups is 1. The highest BCUT2D eigenvalue weighted by molar-refractivity contribution is 5.82. The van der Waals surface area contributed by atoms with Crippen LogP contribution < -0.4 is 0 Å². The van der Waals surface area contributed by atoms with E-state index < -0.39 is 11.4 Å². The summed E-state index contributed by atoms with van der Waals surface area (Å²) in [6.45, 7) is 3.85. The van der Waals surface area contributed by atoms with Gasteiger partial charge in [-0.15, -0.1) is 0 Å². The molecule has 0 aliphatic heterocycles. The molecule has 1 aliphatic carbocycles. The van der Waals surface area contributed by atoms with Gasteiger partial charge in [0, 0.05) is 0 Å². The van der Waals surface area contributed by atoms with Crippen LogP contribution in [0.15, 0.2) is 24.3 Å². The van der Waals surface area contributed by atoms with Gasteiger partial charge >= 0.3 is 5.97 Å². The van der Waals surface area contributed by atoms with Crippen molar-refractivity contribution in [2.75, 3.05) is 0 Å². The molecule has 0 spiro atoms. The zero-order valence-corrected chi connectivity index (χ0v) is 9.16. The van der Waals surface area contributed by atoms with E-state index in [9.17, 15) is 9.90 Å². The summed E-state index contributed by atoms with van der Waals surface area (Å²) in [5.41, 5.74) is 1.38. The molecule has 1 atom stereocenters. The van der Waals surface area contributed by atoms with Crippen LogP contribution in [0.25, 0.3) is 0 Å². The molecule has 0 amide bonds. The van der Waals surface area contributed by atoms with Gasteiger partial charge in [0.05, 0.1) is 5.41 Å². The Labute approximate surface area is 89.9 Å². The van der Waals surface area contributed by atoms with Crippen molar-refractivity contribution in [1.29, 1.82) is 0 Å². The fraction of sp³-hybridized carbons (Fsp3) is 0.462. The van der Waals surface area contributed by atoms with E-state index in [1.165, 1.54) is 0 Å². The maximum Gasteiger partial charge on any atom is 0.314 e. The molecule has 2 rings (SSSR count). The third-order valence-corrected chi connectivity index (χ3v) is 3.46. The minimum absolute atomic E-state index is 0.316. The van der Waals surface area contributed by atoms with Gasteiger partial charge in [-0.05, 0) is 38.2 Å². The standard InChI is InChI=1S/C13H16O2/c1-9-4-3-5-11(8-9)13(2,12(14)15)10-6-7-10/h3-5,8,10H,6-7H2,1-2H3,(H,14,15). The molecule has 0 radical (unpaired) electrons. The minimum Gasteiger partial charge on any atom is -0.481 e. The summed E-state index contributed by atoms with van der Waals surface area (Å²) in [4.78, 5) is 11.4. The Kier molecular flexibility index (Phi) is 2.29.